The largest absolute Gasteiger partial charge is 0.385 e. The third-order valence-electron chi connectivity index (χ3n) is 8.50. The number of rotatable bonds is 4. The second-order valence-electron chi connectivity index (χ2n) is 10.4. The molecule has 2 fully saturated rings. The molecular weight excluding hydrogens is 504 g/mol. The van der Waals surface area contributed by atoms with Gasteiger partial charge in [0.25, 0.3) is 0 Å². The van der Waals surface area contributed by atoms with Gasteiger partial charge in [-0.25, -0.2) is 0 Å². The van der Waals surface area contributed by atoms with E-state index in [1.165, 1.54) is 47.7 Å². The molecule has 2 aromatic carbocycles. The van der Waals surface area contributed by atoms with Crippen molar-refractivity contribution in [1.82, 2.24) is 4.57 Å². The number of aliphatic hydroxyl groups excluding tert-OH is 1. The number of nitrogens with one attached hydrogen (secondary N) is 1. The van der Waals surface area contributed by atoms with Gasteiger partial charge < -0.3 is 14.6 Å². The second kappa shape index (κ2) is 7.33. The van der Waals surface area contributed by atoms with Gasteiger partial charge in [0.15, 0.2) is 0 Å². The molecule has 1 unspecified atom stereocenters. The van der Waals surface area contributed by atoms with E-state index >= 15 is 0 Å². The molecular formula is C25H31Br2N2O+. The fourth-order valence-corrected chi connectivity index (χ4v) is 7.05. The maximum absolute atomic E-state index is 11.1. The van der Waals surface area contributed by atoms with Gasteiger partial charge in [0, 0.05) is 42.1 Å². The number of likely N-dealkylation sites (tertiary alicyclic amines) is 1. The molecule has 2 aliphatic rings. The molecule has 3 nitrogen and oxygen atoms in total. The lowest BCUT2D eigenvalue weighted by atomic mass is 9.63. The number of hydrogen-bond donors (Lipinski definition) is 2. The van der Waals surface area contributed by atoms with Crippen LogP contribution in [0.3, 0.4) is 0 Å². The average Bonchev–Trinajstić information content (AvgIpc) is 2.97. The minimum Gasteiger partial charge on any atom is -0.385 e. The number of aromatic nitrogens is 1. The maximum atomic E-state index is 11.1. The Kier molecular flexibility index (Phi) is 5.13. The molecule has 0 amide bonds. The van der Waals surface area contributed by atoms with E-state index in [-0.39, 0.29) is 6.10 Å². The molecule has 1 aliphatic carbocycles. The second-order valence-corrected chi connectivity index (χ2v) is 12.3. The van der Waals surface area contributed by atoms with Crippen molar-refractivity contribution in [2.45, 2.75) is 46.3 Å². The SMILES string of the molecule is CC1(C)[C@H]2CC[C@]1(C)C[NH+](C[C@H](O)Cn1c3ccc(Br)cc3c3cc(Br)ccc31)C2. The van der Waals surface area contributed by atoms with Gasteiger partial charge in [0.05, 0.1) is 19.6 Å². The molecule has 4 atom stereocenters. The molecule has 160 valence electrons. The lowest BCUT2D eigenvalue weighted by Gasteiger charge is -2.48. The van der Waals surface area contributed by atoms with Crippen LogP contribution in [0.15, 0.2) is 45.3 Å². The van der Waals surface area contributed by atoms with E-state index in [1.54, 1.807) is 4.90 Å². The summed E-state index contributed by atoms with van der Waals surface area (Å²) in [5, 5.41) is 13.6. The average molecular weight is 535 g/mol. The van der Waals surface area contributed by atoms with Crippen molar-refractivity contribution in [2.75, 3.05) is 19.6 Å². The Balaban J connectivity index is 1.42. The minimum absolute atomic E-state index is 0.352. The first-order valence-electron chi connectivity index (χ1n) is 11.1. The number of benzene rings is 2. The molecule has 5 rings (SSSR count). The van der Waals surface area contributed by atoms with Gasteiger partial charge in [-0.05, 0) is 54.7 Å². The molecule has 2 bridgehead atoms. The van der Waals surface area contributed by atoms with Crippen molar-refractivity contribution < 1.29 is 10.0 Å². The number of quaternary nitrogens is 1. The molecule has 5 heteroatoms. The fourth-order valence-electron chi connectivity index (χ4n) is 6.32. The molecule has 1 aromatic heterocycles. The van der Waals surface area contributed by atoms with Crippen molar-refractivity contribution in [3.8, 4) is 0 Å². The minimum atomic E-state index is -0.352. The molecule has 1 aliphatic heterocycles. The lowest BCUT2D eigenvalue weighted by molar-refractivity contribution is -0.921. The number of fused-ring (bicyclic) bond motifs is 5. The number of nitrogens with zero attached hydrogens (tertiary/aromatic N) is 1. The van der Waals surface area contributed by atoms with Crippen LogP contribution in [0.4, 0.5) is 0 Å². The van der Waals surface area contributed by atoms with Gasteiger partial charge >= 0.3 is 0 Å². The molecule has 0 spiro atoms. The summed E-state index contributed by atoms with van der Waals surface area (Å²) in [6.07, 6.45) is 2.33. The normalized spacial score (nSPS) is 29.0. The van der Waals surface area contributed by atoms with Crippen LogP contribution in [0.5, 0.6) is 0 Å². The van der Waals surface area contributed by atoms with Gasteiger partial charge in [-0.1, -0.05) is 52.6 Å². The monoisotopic (exact) mass is 533 g/mol. The Morgan fingerprint density at radius 1 is 1.07 bits per heavy atom. The Morgan fingerprint density at radius 3 is 2.23 bits per heavy atom. The summed E-state index contributed by atoms with van der Waals surface area (Å²) in [5.41, 5.74) is 3.20. The summed E-state index contributed by atoms with van der Waals surface area (Å²) in [6, 6.07) is 12.9. The van der Waals surface area contributed by atoms with Crippen LogP contribution in [0.2, 0.25) is 0 Å². The number of piperidine rings is 1. The van der Waals surface area contributed by atoms with E-state index in [0.717, 1.165) is 21.4 Å². The zero-order chi connectivity index (χ0) is 21.3. The highest BCUT2D eigenvalue weighted by molar-refractivity contribution is 9.10. The van der Waals surface area contributed by atoms with Crippen LogP contribution in [0.25, 0.3) is 21.8 Å². The molecule has 3 aromatic rings. The summed E-state index contributed by atoms with van der Waals surface area (Å²) in [7, 11) is 0. The predicted molar refractivity (Wildman–Crippen MR) is 131 cm³/mol. The Labute approximate surface area is 195 Å². The molecule has 0 radical (unpaired) electrons. The maximum Gasteiger partial charge on any atom is 0.121 e. The van der Waals surface area contributed by atoms with E-state index in [0.29, 0.717) is 17.4 Å². The third-order valence-corrected chi connectivity index (χ3v) is 9.49. The third kappa shape index (κ3) is 3.28. The highest BCUT2D eigenvalue weighted by Crippen LogP contribution is 2.56. The molecule has 1 saturated carbocycles. The number of halogens is 2. The first-order valence-corrected chi connectivity index (χ1v) is 12.7. The zero-order valence-corrected chi connectivity index (χ0v) is 21.2. The van der Waals surface area contributed by atoms with E-state index < -0.39 is 0 Å². The van der Waals surface area contributed by atoms with Crippen molar-refractivity contribution in [1.29, 1.82) is 0 Å². The van der Waals surface area contributed by atoms with Crippen LogP contribution in [0.1, 0.15) is 33.6 Å². The molecule has 1 saturated heterocycles. The topological polar surface area (TPSA) is 29.6 Å². The van der Waals surface area contributed by atoms with E-state index in [2.05, 4.69) is 93.6 Å². The number of aliphatic hydroxyl groups is 1. The summed E-state index contributed by atoms with van der Waals surface area (Å²) in [4.78, 5) is 1.58. The van der Waals surface area contributed by atoms with Gasteiger partial charge in [-0.2, -0.15) is 0 Å². The highest BCUT2D eigenvalue weighted by atomic mass is 79.9. The Morgan fingerprint density at radius 2 is 1.67 bits per heavy atom. The van der Waals surface area contributed by atoms with Crippen LogP contribution in [-0.2, 0) is 6.54 Å². The van der Waals surface area contributed by atoms with Gasteiger partial charge in [0.2, 0.25) is 0 Å². The summed E-state index contributed by atoms with van der Waals surface area (Å²) in [6.45, 7) is 11.3. The first kappa shape index (κ1) is 21.0. The first-order chi connectivity index (χ1) is 14.2. The standard InChI is InChI=1S/C25H30Br2N2O/c1-24(2)16-8-9-25(24,3)15-28(12-16)13-19(30)14-29-22-6-4-17(26)10-20(22)21-11-18(27)5-7-23(21)29/h4-7,10-11,16,19,30H,8-9,12-15H2,1-3H3/p+1/t16-,19-,25+/m0/s1. The van der Waals surface area contributed by atoms with Crippen molar-refractivity contribution in [3.05, 3.63) is 45.3 Å². The predicted octanol–water partition coefficient (Wildman–Crippen LogP) is 5.02. The smallest absolute Gasteiger partial charge is 0.121 e. The van der Waals surface area contributed by atoms with Crippen molar-refractivity contribution in [2.24, 2.45) is 16.7 Å². The van der Waals surface area contributed by atoms with E-state index in [4.69, 9.17) is 0 Å². The van der Waals surface area contributed by atoms with Crippen molar-refractivity contribution >= 4 is 53.7 Å². The molecule has 2 heterocycles. The van der Waals surface area contributed by atoms with Gasteiger partial charge in [-0.3, -0.25) is 0 Å². The van der Waals surface area contributed by atoms with Gasteiger partial charge in [0.1, 0.15) is 12.6 Å². The van der Waals surface area contributed by atoms with Crippen LogP contribution in [0, 0.1) is 16.7 Å². The summed E-state index contributed by atoms with van der Waals surface area (Å²) >= 11 is 7.24. The zero-order valence-electron chi connectivity index (χ0n) is 18.0. The van der Waals surface area contributed by atoms with Crippen LogP contribution < -0.4 is 4.90 Å². The van der Waals surface area contributed by atoms with E-state index in [1.807, 2.05) is 0 Å². The van der Waals surface area contributed by atoms with Crippen LogP contribution >= 0.6 is 31.9 Å². The summed E-state index contributed by atoms with van der Waals surface area (Å²) < 4.78 is 4.47. The summed E-state index contributed by atoms with van der Waals surface area (Å²) in [5.74, 6) is 0.779. The van der Waals surface area contributed by atoms with E-state index in [9.17, 15) is 5.11 Å². The van der Waals surface area contributed by atoms with Gasteiger partial charge in [-0.15, -0.1) is 0 Å². The van der Waals surface area contributed by atoms with Crippen LogP contribution in [-0.4, -0.2) is 35.4 Å². The lowest BCUT2D eigenvalue weighted by Crippen LogP contribution is -3.16. The number of hydrogen-bond acceptors (Lipinski definition) is 1. The fraction of sp³-hybridized carbons (Fsp3) is 0.520. The molecule has 2 N–H and O–H groups in total. The highest BCUT2D eigenvalue weighted by Gasteiger charge is 2.57. The van der Waals surface area contributed by atoms with Crippen molar-refractivity contribution in [3.63, 3.8) is 0 Å². The Bertz CT molecular complexity index is 1060. The quantitative estimate of drug-likeness (QED) is 0.483. The molecule has 30 heavy (non-hydrogen) atoms. The Hall–Kier alpha value is -0.880.